The quantitative estimate of drug-likeness (QED) is 0.304. The molecule has 3 aromatic carbocycles. The van der Waals surface area contributed by atoms with Crippen molar-refractivity contribution in [1.29, 1.82) is 0 Å². The zero-order valence-corrected chi connectivity index (χ0v) is 17.6. The third-order valence-electron chi connectivity index (χ3n) is 5.21. The summed E-state index contributed by atoms with van der Waals surface area (Å²) >= 11 is 6.04. The highest BCUT2D eigenvalue weighted by Crippen LogP contribution is 2.45. The SMILES string of the molecule is COc1ccccc1C1C(Oc2ccc(Cl)cc2C)C(=O)N1c1cccc([N+](=O)[O-])c1. The minimum atomic E-state index is -0.824. The second-order valence-corrected chi connectivity index (χ2v) is 7.56. The van der Waals surface area contributed by atoms with E-state index in [1.807, 2.05) is 25.1 Å². The molecule has 31 heavy (non-hydrogen) atoms. The van der Waals surface area contributed by atoms with Crippen LogP contribution in [0.5, 0.6) is 11.5 Å². The number of hydrogen-bond donors (Lipinski definition) is 0. The number of nitro benzene ring substituents is 1. The first-order chi connectivity index (χ1) is 14.9. The van der Waals surface area contributed by atoms with E-state index in [1.54, 1.807) is 43.5 Å². The van der Waals surface area contributed by atoms with Gasteiger partial charge in [-0.25, -0.2) is 0 Å². The average Bonchev–Trinajstić information content (AvgIpc) is 2.76. The van der Waals surface area contributed by atoms with E-state index < -0.39 is 17.1 Å². The van der Waals surface area contributed by atoms with Crippen LogP contribution in [-0.2, 0) is 4.79 Å². The predicted octanol–water partition coefficient (Wildman–Crippen LogP) is 5.10. The summed E-state index contributed by atoms with van der Waals surface area (Å²) in [7, 11) is 1.55. The Kier molecular flexibility index (Phi) is 5.52. The second kappa shape index (κ2) is 8.28. The highest BCUT2D eigenvalue weighted by atomic mass is 35.5. The van der Waals surface area contributed by atoms with Crippen molar-refractivity contribution < 1.29 is 19.2 Å². The third kappa shape index (κ3) is 3.80. The number of rotatable bonds is 6. The number of nitrogens with zero attached hydrogens (tertiary/aromatic N) is 2. The molecular formula is C23H19ClN2O5. The number of anilines is 1. The normalized spacial score (nSPS) is 17.8. The number of carbonyl (C=O) groups is 1. The first kappa shape index (κ1) is 20.7. The number of benzene rings is 3. The van der Waals surface area contributed by atoms with Gasteiger partial charge in [-0.05, 0) is 42.8 Å². The summed E-state index contributed by atoms with van der Waals surface area (Å²) in [5, 5.41) is 11.8. The maximum absolute atomic E-state index is 13.2. The number of ether oxygens (including phenoxy) is 2. The molecule has 1 amide bonds. The van der Waals surface area contributed by atoms with E-state index in [1.165, 1.54) is 17.0 Å². The minimum Gasteiger partial charge on any atom is -0.496 e. The van der Waals surface area contributed by atoms with Gasteiger partial charge in [0, 0.05) is 22.7 Å². The Morgan fingerprint density at radius 3 is 2.52 bits per heavy atom. The van der Waals surface area contributed by atoms with Crippen molar-refractivity contribution in [1.82, 2.24) is 0 Å². The lowest BCUT2D eigenvalue weighted by Crippen LogP contribution is -2.61. The fourth-order valence-electron chi connectivity index (χ4n) is 3.72. The summed E-state index contributed by atoms with van der Waals surface area (Å²) in [4.78, 5) is 25.4. The van der Waals surface area contributed by atoms with Gasteiger partial charge in [-0.3, -0.25) is 19.8 Å². The summed E-state index contributed by atoms with van der Waals surface area (Å²) < 4.78 is 11.6. The van der Waals surface area contributed by atoms with Crippen molar-refractivity contribution in [2.24, 2.45) is 0 Å². The Balaban J connectivity index is 1.76. The monoisotopic (exact) mass is 438 g/mol. The number of amides is 1. The van der Waals surface area contributed by atoms with Crippen molar-refractivity contribution in [3.63, 3.8) is 0 Å². The van der Waals surface area contributed by atoms with Crippen molar-refractivity contribution in [3.8, 4) is 11.5 Å². The van der Waals surface area contributed by atoms with Crippen LogP contribution >= 0.6 is 11.6 Å². The standard InChI is InChI=1S/C23H19ClN2O5/c1-14-12-15(24)10-11-19(14)31-22-21(18-8-3-4-9-20(18)30-2)25(23(22)27)16-6-5-7-17(13-16)26(28)29/h3-13,21-22H,1-2H3. The van der Waals surface area contributed by atoms with Gasteiger partial charge in [-0.1, -0.05) is 35.9 Å². The first-order valence-electron chi connectivity index (χ1n) is 9.54. The van der Waals surface area contributed by atoms with Gasteiger partial charge in [0.05, 0.1) is 17.7 Å². The van der Waals surface area contributed by atoms with Gasteiger partial charge in [0.2, 0.25) is 6.10 Å². The lowest BCUT2D eigenvalue weighted by atomic mass is 9.89. The summed E-state index contributed by atoms with van der Waals surface area (Å²) in [5.41, 5.74) is 1.87. The van der Waals surface area contributed by atoms with Crippen LogP contribution in [0.15, 0.2) is 66.7 Å². The number of para-hydroxylation sites is 1. The van der Waals surface area contributed by atoms with Crippen molar-refractivity contribution >= 4 is 28.9 Å². The molecule has 0 aliphatic carbocycles. The molecule has 8 heteroatoms. The van der Waals surface area contributed by atoms with E-state index in [2.05, 4.69) is 0 Å². The van der Waals surface area contributed by atoms with Crippen LogP contribution < -0.4 is 14.4 Å². The maximum Gasteiger partial charge on any atom is 0.271 e. The van der Waals surface area contributed by atoms with Gasteiger partial charge in [-0.15, -0.1) is 0 Å². The first-order valence-corrected chi connectivity index (χ1v) is 9.91. The molecule has 2 unspecified atom stereocenters. The van der Waals surface area contributed by atoms with Crippen LogP contribution in [0.3, 0.4) is 0 Å². The van der Waals surface area contributed by atoms with E-state index in [0.717, 1.165) is 11.1 Å². The van der Waals surface area contributed by atoms with Crippen LogP contribution in [0.4, 0.5) is 11.4 Å². The van der Waals surface area contributed by atoms with Crippen molar-refractivity contribution in [3.05, 3.63) is 93.0 Å². The van der Waals surface area contributed by atoms with E-state index in [0.29, 0.717) is 22.2 Å². The Morgan fingerprint density at radius 2 is 1.81 bits per heavy atom. The smallest absolute Gasteiger partial charge is 0.271 e. The Hall–Kier alpha value is -3.58. The number of non-ortho nitro benzene ring substituents is 1. The van der Waals surface area contributed by atoms with Crippen LogP contribution in [0.2, 0.25) is 5.02 Å². The van der Waals surface area contributed by atoms with Crippen LogP contribution in [0, 0.1) is 17.0 Å². The second-order valence-electron chi connectivity index (χ2n) is 7.12. The van der Waals surface area contributed by atoms with Gasteiger partial charge in [0.15, 0.2) is 0 Å². The molecule has 1 heterocycles. The molecule has 0 spiro atoms. The fourth-order valence-corrected chi connectivity index (χ4v) is 3.94. The molecule has 0 bridgehead atoms. The summed E-state index contributed by atoms with van der Waals surface area (Å²) in [6.07, 6.45) is -0.824. The molecule has 0 N–H and O–H groups in total. The molecule has 2 atom stereocenters. The molecule has 0 aromatic heterocycles. The molecule has 0 saturated carbocycles. The number of aryl methyl sites for hydroxylation is 1. The van der Waals surface area contributed by atoms with E-state index in [-0.39, 0.29) is 11.6 Å². The minimum absolute atomic E-state index is 0.0954. The zero-order chi connectivity index (χ0) is 22.1. The number of nitro groups is 1. The molecular weight excluding hydrogens is 420 g/mol. The third-order valence-corrected chi connectivity index (χ3v) is 5.45. The van der Waals surface area contributed by atoms with Gasteiger partial charge >= 0.3 is 0 Å². The summed E-state index contributed by atoms with van der Waals surface area (Å²) in [6.45, 7) is 1.85. The van der Waals surface area contributed by atoms with Crippen LogP contribution in [0.25, 0.3) is 0 Å². The maximum atomic E-state index is 13.2. The highest BCUT2D eigenvalue weighted by molar-refractivity contribution is 6.30. The zero-order valence-electron chi connectivity index (χ0n) is 16.8. The van der Waals surface area contributed by atoms with E-state index in [9.17, 15) is 14.9 Å². The Bertz CT molecular complexity index is 1170. The van der Waals surface area contributed by atoms with Gasteiger partial charge in [0.25, 0.3) is 11.6 Å². The predicted molar refractivity (Wildman–Crippen MR) is 117 cm³/mol. The van der Waals surface area contributed by atoms with Crippen LogP contribution in [0.1, 0.15) is 17.2 Å². The van der Waals surface area contributed by atoms with Crippen molar-refractivity contribution in [2.45, 2.75) is 19.1 Å². The lowest BCUT2D eigenvalue weighted by Gasteiger charge is -2.47. The molecule has 7 nitrogen and oxygen atoms in total. The van der Waals surface area contributed by atoms with Crippen molar-refractivity contribution in [2.75, 3.05) is 12.0 Å². The number of hydrogen-bond acceptors (Lipinski definition) is 5. The number of β-lactam (4-membered cyclic amide) rings is 1. The molecule has 1 aliphatic rings. The van der Waals surface area contributed by atoms with E-state index >= 15 is 0 Å². The highest BCUT2D eigenvalue weighted by Gasteiger charge is 2.52. The summed E-state index contributed by atoms with van der Waals surface area (Å²) in [5.74, 6) is 0.837. The average molecular weight is 439 g/mol. The molecule has 1 fully saturated rings. The molecule has 158 valence electrons. The number of methoxy groups -OCH3 is 1. The molecule has 3 aromatic rings. The van der Waals surface area contributed by atoms with Crippen LogP contribution in [-0.4, -0.2) is 24.0 Å². The topological polar surface area (TPSA) is 81.9 Å². The van der Waals surface area contributed by atoms with Gasteiger partial charge in [-0.2, -0.15) is 0 Å². The van der Waals surface area contributed by atoms with Gasteiger partial charge < -0.3 is 9.47 Å². The van der Waals surface area contributed by atoms with Gasteiger partial charge in [0.1, 0.15) is 17.5 Å². The largest absolute Gasteiger partial charge is 0.496 e. The number of carbonyl (C=O) groups excluding carboxylic acids is 1. The molecule has 1 saturated heterocycles. The molecule has 0 radical (unpaired) electrons. The van der Waals surface area contributed by atoms with E-state index in [4.69, 9.17) is 21.1 Å². The number of halogens is 1. The molecule has 1 aliphatic heterocycles. The Morgan fingerprint density at radius 1 is 1.03 bits per heavy atom. The lowest BCUT2D eigenvalue weighted by molar-refractivity contribution is -0.384. The Labute approximate surface area is 183 Å². The fraction of sp³-hybridized carbons (Fsp3) is 0.174. The summed E-state index contributed by atoms with van der Waals surface area (Å²) in [6, 6.07) is 18.0. The molecule has 4 rings (SSSR count).